The van der Waals surface area contributed by atoms with E-state index in [0.717, 1.165) is 0 Å². The van der Waals surface area contributed by atoms with Crippen molar-refractivity contribution in [1.29, 1.82) is 0 Å². The SMILES string of the molecule is COC(O)C#Cc1nc(N)c2nc(-c3cccc(F)c3)n(C)c2n1. The van der Waals surface area contributed by atoms with Crippen molar-refractivity contribution in [1.82, 2.24) is 19.5 Å². The number of methoxy groups -OCH3 is 1. The Balaban J connectivity index is 2.14. The number of nitrogens with two attached hydrogens (primary N) is 1. The van der Waals surface area contributed by atoms with Gasteiger partial charge in [-0.05, 0) is 24.0 Å². The summed E-state index contributed by atoms with van der Waals surface area (Å²) in [6.07, 6.45) is -1.24. The lowest BCUT2D eigenvalue weighted by molar-refractivity contribution is -0.0280. The van der Waals surface area contributed by atoms with E-state index in [1.807, 2.05) is 0 Å². The van der Waals surface area contributed by atoms with Crippen LogP contribution in [0.2, 0.25) is 0 Å². The third kappa shape index (κ3) is 2.90. The van der Waals surface area contributed by atoms with Crippen LogP contribution >= 0.6 is 0 Å². The van der Waals surface area contributed by atoms with Crippen molar-refractivity contribution < 1.29 is 14.2 Å². The molecule has 0 aliphatic heterocycles. The number of hydrogen-bond donors (Lipinski definition) is 2. The Hall–Kier alpha value is -3.02. The number of nitrogen functional groups attached to an aromatic ring is 1. The van der Waals surface area contributed by atoms with Gasteiger partial charge in [0.1, 0.15) is 11.6 Å². The lowest BCUT2D eigenvalue weighted by Crippen LogP contribution is -2.05. The fourth-order valence-electron chi connectivity index (χ4n) is 2.21. The summed E-state index contributed by atoms with van der Waals surface area (Å²) in [7, 11) is 3.06. The van der Waals surface area contributed by atoms with E-state index in [2.05, 4.69) is 31.5 Å². The predicted octanol–water partition coefficient (Wildman–Crippen LogP) is 1.07. The van der Waals surface area contributed by atoms with Crippen LogP contribution in [0.15, 0.2) is 24.3 Å². The van der Waals surface area contributed by atoms with Crippen molar-refractivity contribution in [3.05, 3.63) is 35.9 Å². The number of anilines is 1. The van der Waals surface area contributed by atoms with Crippen molar-refractivity contribution in [2.75, 3.05) is 12.8 Å². The number of halogens is 1. The van der Waals surface area contributed by atoms with Gasteiger partial charge >= 0.3 is 0 Å². The first kappa shape index (κ1) is 15.9. The topological polar surface area (TPSA) is 99.1 Å². The van der Waals surface area contributed by atoms with Crippen molar-refractivity contribution in [3.63, 3.8) is 0 Å². The van der Waals surface area contributed by atoms with E-state index in [1.54, 1.807) is 23.7 Å². The highest BCUT2D eigenvalue weighted by Crippen LogP contribution is 2.25. The van der Waals surface area contributed by atoms with Crippen LogP contribution in [0.3, 0.4) is 0 Å². The van der Waals surface area contributed by atoms with Crippen molar-refractivity contribution in [2.45, 2.75) is 6.29 Å². The first-order valence-corrected chi connectivity index (χ1v) is 6.98. The summed E-state index contributed by atoms with van der Waals surface area (Å²) in [6.45, 7) is 0. The van der Waals surface area contributed by atoms with Gasteiger partial charge in [-0.25, -0.2) is 19.3 Å². The van der Waals surface area contributed by atoms with Gasteiger partial charge < -0.3 is 20.1 Å². The summed E-state index contributed by atoms with van der Waals surface area (Å²) in [6, 6.07) is 6.07. The molecule has 8 heteroatoms. The lowest BCUT2D eigenvalue weighted by Gasteiger charge is -2.02. The van der Waals surface area contributed by atoms with Crippen LogP contribution in [-0.2, 0) is 11.8 Å². The van der Waals surface area contributed by atoms with E-state index in [4.69, 9.17) is 5.73 Å². The van der Waals surface area contributed by atoms with Gasteiger partial charge in [-0.1, -0.05) is 12.1 Å². The van der Waals surface area contributed by atoms with Crippen LogP contribution in [-0.4, -0.2) is 38.0 Å². The molecule has 122 valence electrons. The zero-order valence-corrected chi connectivity index (χ0v) is 13.0. The van der Waals surface area contributed by atoms with E-state index in [9.17, 15) is 9.50 Å². The number of ether oxygens (including phenoxy) is 1. The average Bonchev–Trinajstić information content (AvgIpc) is 2.90. The zero-order chi connectivity index (χ0) is 17.3. The molecule has 1 unspecified atom stereocenters. The first-order chi connectivity index (χ1) is 11.5. The number of aliphatic hydroxyl groups excluding tert-OH is 1. The number of aromatic nitrogens is 4. The zero-order valence-electron chi connectivity index (χ0n) is 13.0. The smallest absolute Gasteiger partial charge is 0.220 e. The molecule has 3 rings (SSSR count). The van der Waals surface area contributed by atoms with Crippen LogP contribution in [0.4, 0.5) is 10.2 Å². The molecule has 2 aromatic heterocycles. The second-order valence-electron chi connectivity index (χ2n) is 4.97. The molecule has 0 bridgehead atoms. The summed E-state index contributed by atoms with van der Waals surface area (Å²) in [4.78, 5) is 12.7. The van der Waals surface area contributed by atoms with E-state index in [0.29, 0.717) is 22.6 Å². The maximum Gasteiger partial charge on any atom is 0.220 e. The van der Waals surface area contributed by atoms with Gasteiger partial charge in [-0.3, -0.25) is 0 Å². The summed E-state index contributed by atoms with van der Waals surface area (Å²) < 4.78 is 19.8. The van der Waals surface area contributed by atoms with E-state index >= 15 is 0 Å². The maximum atomic E-state index is 13.4. The van der Waals surface area contributed by atoms with Crippen LogP contribution in [0.1, 0.15) is 5.82 Å². The Morgan fingerprint density at radius 1 is 1.33 bits per heavy atom. The number of hydrogen-bond acceptors (Lipinski definition) is 6. The van der Waals surface area contributed by atoms with Crippen molar-refractivity contribution in [2.24, 2.45) is 7.05 Å². The average molecular weight is 327 g/mol. The second kappa shape index (κ2) is 6.23. The molecular formula is C16H14FN5O2. The van der Waals surface area contributed by atoms with Crippen LogP contribution in [0.25, 0.3) is 22.6 Å². The fourth-order valence-corrected chi connectivity index (χ4v) is 2.21. The Labute approximate surface area is 136 Å². The Morgan fingerprint density at radius 3 is 2.83 bits per heavy atom. The van der Waals surface area contributed by atoms with Crippen LogP contribution in [0.5, 0.6) is 0 Å². The number of benzene rings is 1. The van der Waals surface area contributed by atoms with E-state index < -0.39 is 6.29 Å². The summed E-state index contributed by atoms with van der Waals surface area (Å²) >= 11 is 0. The number of nitrogens with zero attached hydrogens (tertiary/aromatic N) is 4. The normalized spacial score (nSPS) is 12.0. The minimum absolute atomic E-state index is 0.130. The Morgan fingerprint density at radius 2 is 2.12 bits per heavy atom. The molecule has 0 radical (unpaired) electrons. The summed E-state index contributed by atoms with van der Waals surface area (Å²) in [5.41, 5.74) is 7.37. The number of fused-ring (bicyclic) bond motifs is 1. The Kier molecular flexibility index (Phi) is 4.12. The monoisotopic (exact) mass is 327 g/mol. The largest absolute Gasteiger partial charge is 0.382 e. The van der Waals surface area contributed by atoms with Crippen molar-refractivity contribution >= 4 is 17.0 Å². The van der Waals surface area contributed by atoms with Gasteiger partial charge in [-0.2, -0.15) is 0 Å². The van der Waals surface area contributed by atoms with E-state index in [-0.39, 0.29) is 17.5 Å². The van der Waals surface area contributed by atoms with Gasteiger partial charge in [0, 0.05) is 19.7 Å². The molecule has 0 aliphatic rings. The highest BCUT2D eigenvalue weighted by Gasteiger charge is 2.15. The van der Waals surface area contributed by atoms with Crippen molar-refractivity contribution in [3.8, 4) is 23.2 Å². The molecule has 7 nitrogen and oxygen atoms in total. The molecule has 0 aliphatic carbocycles. The molecule has 3 aromatic rings. The third-order valence-electron chi connectivity index (χ3n) is 3.36. The second-order valence-corrected chi connectivity index (χ2v) is 4.97. The summed E-state index contributed by atoms with van der Waals surface area (Å²) in [5.74, 6) is 5.44. The van der Waals surface area contributed by atoms with Gasteiger partial charge in [0.2, 0.25) is 12.1 Å². The predicted molar refractivity (Wildman–Crippen MR) is 86.0 cm³/mol. The molecule has 24 heavy (non-hydrogen) atoms. The van der Waals surface area contributed by atoms with Gasteiger partial charge in [-0.15, -0.1) is 0 Å². The molecule has 1 atom stereocenters. The molecule has 0 fully saturated rings. The lowest BCUT2D eigenvalue weighted by atomic mass is 10.2. The molecule has 0 saturated heterocycles. The standard InChI is InChI=1S/C16H14FN5O2/c1-22-15(9-4-3-5-10(17)8-9)21-13-14(18)19-11(20-16(13)22)6-7-12(23)24-2/h3-5,8,12,23H,1-2H3,(H2,18,19,20). The molecule has 1 aromatic carbocycles. The number of aryl methyl sites for hydroxylation is 1. The quantitative estimate of drug-likeness (QED) is 0.539. The molecule has 0 amide bonds. The molecule has 2 heterocycles. The number of aliphatic hydroxyl groups is 1. The third-order valence-corrected chi connectivity index (χ3v) is 3.36. The van der Waals surface area contributed by atoms with E-state index in [1.165, 1.54) is 19.2 Å². The number of rotatable bonds is 2. The van der Waals surface area contributed by atoms with Crippen LogP contribution < -0.4 is 5.73 Å². The minimum atomic E-state index is -1.24. The minimum Gasteiger partial charge on any atom is -0.382 e. The Bertz CT molecular complexity index is 974. The van der Waals surface area contributed by atoms with Crippen LogP contribution in [0, 0.1) is 17.7 Å². The molecule has 3 N–H and O–H groups in total. The molecule has 0 spiro atoms. The number of imidazole rings is 1. The van der Waals surface area contributed by atoms with Gasteiger partial charge in [0.15, 0.2) is 17.0 Å². The fraction of sp³-hybridized carbons (Fsp3) is 0.188. The molecular weight excluding hydrogens is 313 g/mol. The molecule has 0 saturated carbocycles. The van der Waals surface area contributed by atoms with Gasteiger partial charge in [0.25, 0.3) is 0 Å². The highest BCUT2D eigenvalue weighted by atomic mass is 19.1. The highest BCUT2D eigenvalue weighted by molar-refractivity contribution is 5.85. The van der Waals surface area contributed by atoms with Gasteiger partial charge in [0.05, 0.1) is 0 Å². The first-order valence-electron chi connectivity index (χ1n) is 6.98. The summed E-state index contributed by atoms with van der Waals surface area (Å²) in [5, 5.41) is 9.30. The maximum absolute atomic E-state index is 13.4.